The number of ether oxygens (including phenoxy) is 3. The van der Waals surface area contributed by atoms with E-state index in [0.29, 0.717) is 30.3 Å². The lowest BCUT2D eigenvalue weighted by Gasteiger charge is -2.20. The number of hydrogen-bond acceptors (Lipinski definition) is 5. The molecule has 6 heteroatoms. The lowest BCUT2D eigenvalue weighted by atomic mass is 10.1. The zero-order valence-electron chi connectivity index (χ0n) is 11.3. The van der Waals surface area contributed by atoms with Gasteiger partial charge in [0.2, 0.25) is 0 Å². The Balaban J connectivity index is 2.41. The summed E-state index contributed by atoms with van der Waals surface area (Å²) in [6, 6.07) is 3.59. The average molecular weight is 266 g/mol. The molecule has 2 N–H and O–H groups in total. The van der Waals surface area contributed by atoms with Crippen LogP contribution in [0, 0.1) is 6.92 Å². The summed E-state index contributed by atoms with van der Waals surface area (Å²) >= 11 is 0. The number of amides is 1. The van der Waals surface area contributed by atoms with Crippen LogP contribution in [0.25, 0.3) is 0 Å². The molecule has 1 aliphatic rings. The number of aryl methyl sites for hydroxylation is 1. The molecular weight excluding hydrogens is 248 g/mol. The van der Waals surface area contributed by atoms with E-state index in [-0.39, 0.29) is 6.10 Å². The second-order valence-corrected chi connectivity index (χ2v) is 4.35. The summed E-state index contributed by atoms with van der Waals surface area (Å²) in [5, 5.41) is 0. The Kier molecular flexibility index (Phi) is 3.80. The van der Waals surface area contributed by atoms with Gasteiger partial charge in [0.15, 0.2) is 0 Å². The number of hydrogen-bond donors (Lipinski definition) is 1. The summed E-state index contributed by atoms with van der Waals surface area (Å²) < 4.78 is 15.7. The van der Waals surface area contributed by atoms with Crippen LogP contribution in [0.5, 0.6) is 11.5 Å². The largest absolute Gasteiger partial charge is 0.497 e. The molecule has 0 saturated carbocycles. The fourth-order valence-corrected chi connectivity index (χ4v) is 2.16. The van der Waals surface area contributed by atoms with Crippen molar-refractivity contribution in [2.45, 2.75) is 13.0 Å². The highest BCUT2D eigenvalue weighted by Crippen LogP contribution is 2.37. The van der Waals surface area contributed by atoms with E-state index in [2.05, 4.69) is 0 Å². The molecule has 1 aromatic carbocycles. The summed E-state index contributed by atoms with van der Waals surface area (Å²) in [4.78, 5) is 13.4. The van der Waals surface area contributed by atoms with E-state index in [1.165, 1.54) is 0 Å². The lowest BCUT2D eigenvalue weighted by Crippen LogP contribution is -2.28. The van der Waals surface area contributed by atoms with Gasteiger partial charge < -0.3 is 19.9 Å². The monoisotopic (exact) mass is 266 g/mol. The number of cyclic esters (lactones) is 1. The molecular formula is C13H18N2O4. The number of carbonyl (C=O) groups is 1. The number of benzene rings is 1. The normalized spacial score (nSPS) is 18.4. The Morgan fingerprint density at radius 2 is 2.16 bits per heavy atom. The van der Waals surface area contributed by atoms with E-state index < -0.39 is 6.09 Å². The molecule has 6 nitrogen and oxygen atoms in total. The molecule has 1 atom stereocenters. The van der Waals surface area contributed by atoms with Crippen LogP contribution in [0.15, 0.2) is 12.1 Å². The minimum atomic E-state index is -0.401. The molecule has 0 bridgehead atoms. The van der Waals surface area contributed by atoms with E-state index in [1.54, 1.807) is 25.2 Å². The minimum Gasteiger partial charge on any atom is -0.497 e. The first-order valence-corrected chi connectivity index (χ1v) is 6.01. The summed E-state index contributed by atoms with van der Waals surface area (Å²) in [5.74, 6) is 1.26. The van der Waals surface area contributed by atoms with Gasteiger partial charge in [0.25, 0.3) is 0 Å². The average Bonchev–Trinajstić information content (AvgIpc) is 2.78. The Morgan fingerprint density at radius 3 is 2.68 bits per heavy atom. The molecule has 1 aliphatic heterocycles. The van der Waals surface area contributed by atoms with Crippen LogP contribution in [0.1, 0.15) is 5.56 Å². The molecule has 19 heavy (non-hydrogen) atoms. The fourth-order valence-electron chi connectivity index (χ4n) is 2.16. The Hall–Kier alpha value is -1.95. The van der Waals surface area contributed by atoms with Gasteiger partial charge in [-0.25, -0.2) is 4.79 Å². The van der Waals surface area contributed by atoms with Crippen LogP contribution >= 0.6 is 0 Å². The number of carbonyl (C=O) groups excluding carboxylic acids is 1. The van der Waals surface area contributed by atoms with E-state index >= 15 is 0 Å². The Bertz CT molecular complexity index is 490. The van der Waals surface area contributed by atoms with Gasteiger partial charge in [-0.3, -0.25) is 4.90 Å². The van der Waals surface area contributed by atoms with Crippen molar-refractivity contribution in [3.05, 3.63) is 17.7 Å². The second kappa shape index (κ2) is 5.36. The van der Waals surface area contributed by atoms with Gasteiger partial charge in [0.1, 0.15) is 17.6 Å². The summed E-state index contributed by atoms with van der Waals surface area (Å²) in [6.45, 7) is 2.63. The van der Waals surface area contributed by atoms with E-state index in [4.69, 9.17) is 19.9 Å². The van der Waals surface area contributed by atoms with Crippen LogP contribution in [0.2, 0.25) is 0 Å². The SMILES string of the molecule is COc1cc(C)c(N2CC(CN)OC2=O)c(OC)c1. The van der Waals surface area contributed by atoms with Crippen LogP contribution < -0.4 is 20.1 Å². The van der Waals surface area contributed by atoms with Gasteiger partial charge >= 0.3 is 6.09 Å². The first-order chi connectivity index (χ1) is 9.10. The number of nitrogens with zero attached hydrogens (tertiary/aromatic N) is 1. The fraction of sp³-hybridized carbons (Fsp3) is 0.462. The number of rotatable bonds is 4. The standard InChI is InChI=1S/C13H18N2O4/c1-8-4-9(17-2)5-11(18-3)12(8)15-7-10(6-14)19-13(15)16/h4-5,10H,6-7,14H2,1-3H3. The van der Waals surface area contributed by atoms with Gasteiger partial charge in [-0.15, -0.1) is 0 Å². The number of methoxy groups -OCH3 is 2. The van der Waals surface area contributed by atoms with Crippen molar-refractivity contribution in [3.63, 3.8) is 0 Å². The zero-order chi connectivity index (χ0) is 14.0. The van der Waals surface area contributed by atoms with Crippen molar-refractivity contribution >= 4 is 11.8 Å². The van der Waals surface area contributed by atoms with Gasteiger partial charge in [-0.2, -0.15) is 0 Å². The maximum absolute atomic E-state index is 11.9. The lowest BCUT2D eigenvalue weighted by molar-refractivity contribution is 0.145. The van der Waals surface area contributed by atoms with Gasteiger partial charge in [0.05, 0.1) is 26.5 Å². The third kappa shape index (κ3) is 2.44. The molecule has 0 aliphatic carbocycles. The van der Waals surface area contributed by atoms with Gasteiger partial charge in [0, 0.05) is 12.6 Å². The van der Waals surface area contributed by atoms with Gasteiger partial charge in [-0.05, 0) is 18.6 Å². The first-order valence-electron chi connectivity index (χ1n) is 6.01. The quantitative estimate of drug-likeness (QED) is 0.889. The van der Waals surface area contributed by atoms with Crippen LogP contribution in [0.4, 0.5) is 10.5 Å². The third-order valence-corrected chi connectivity index (χ3v) is 3.10. The molecule has 0 radical (unpaired) electrons. The van der Waals surface area contributed by atoms with Crippen molar-refractivity contribution in [1.29, 1.82) is 0 Å². The van der Waals surface area contributed by atoms with Crippen molar-refractivity contribution in [2.24, 2.45) is 5.73 Å². The molecule has 1 amide bonds. The van der Waals surface area contributed by atoms with Crippen molar-refractivity contribution in [1.82, 2.24) is 0 Å². The Morgan fingerprint density at radius 1 is 1.42 bits per heavy atom. The molecule has 1 unspecified atom stereocenters. The minimum absolute atomic E-state index is 0.279. The molecule has 104 valence electrons. The summed E-state index contributed by atoms with van der Waals surface area (Å²) in [7, 11) is 3.14. The maximum atomic E-state index is 11.9. The summed E-state index contributed by atoms with van der Waals surface area (Å²) in [6.07, 6.45) is -0.680. The van der Waals surface area contributed by atoms with E-state index in [9.17, 15) is 4.79 Å². The summed E-state index contributed by atoms with van der Waals surface area (Å²) in [5.41, 5.74) is 7.11. The van der Waals surface area contributed by atoms with Crippen molar-refractivity contribution in [2.75, 3.05) is 32.2 Å². The molecule has 1 saturated heterocycles. The highest BCUT2D eigenvalue weighted by molar-refractivity contribution is 5.93. The molecule has 1 heterocycles. The molecule has 1 aromatic rings. The second-order valence-electron chi connectivity index (χ2n) is 4.35. The molecule has 0 spiro atoms. The number of anilines is 1. The predicted octanol–water partition coefficient (Wildman–Crippen LogP) is 1.30. The van der Waals surface area contributed by atoms with Crippen molar-refractivity contribution in [3.8, 4) is 11.5 Å². The smallest absolute Gasteiger partial charge is 0.414 e. The predicted molar refractivity (Wildman–Crippen MR) is 71.0 cm³/mol. The highest BCUT2D eigenvalue weighted by atomic mass is 16.6. The van der Waals surface area contributed by atoms with Crippen LogP contribution in [0.3, 0.4) is 0 Å². The van der Waals surface area contributed by atoms with Crippen molar-refractivity contribution < 1.29 is 19.0 Å². The third-order valence-electron chi connectivity index (χ3n) is 3.10. The van der Waals surface area contributed by atoms with E-state index in [1.807, 2.05) is 13.0 Å². The molecule has 2 rings (SSSR count). The zero-order valence-corrected chi connectivity index (χ0v) is 11.3. The molecule has 0 aromatic heterocycles. The van der Waals surface area contributed by atoms with Crippen LogP contribution in [-0.4, -0.2) is 39.5 Å². The molecule has 1 fully saturated rings. The Labute approximate surface area is 112 Å². The van der Waals surface area contributed by atoms with Gasteiger partial charge in [-0.1, -0.05) is 0 Å². The maximum Gasteiger partial charge on any atom is 0.414 e. The topological polar surface area (TPSA) is 74.0 Å². The van der Waals surface area contributed by atoms with E-state index in [0.717, 1.165) is 5.56 Å². The number of nitrogens with two attached hydrogens (primary N) is 1. The highest BCUT2D eigenvalue weighted by Gasteiger charge is 2.34. The van der Waals surface area contributed by atoms with Crippen LogP contribution in [-0.2, 0) is 4.74 Å². The first kappa shape index (κ1) is 13.5.